The first-order valence-electron chi connectivity index (χ1n) is 4.12. The van der Waals surface area contributed by atoms with Gasteiger partial charge in [-0.1, -0.05) is 0 Å². The summed E-state index contributed by atoms with van der Waals surface area (Å²) in [6.07, 6.45) is -0.0525. The monoisotopic (exact) mass is 205 g/mol. The van der Waals surface area contributed by atoms with Crippen LogP contribution in [0.25, 0.3) is 0 Å². The molecule has 13 heavy (non-hydrogen) atoms. The molecule has 0 aromatic heterocycles. The van der Waals surface area contributed by atoms with Crippen molar-refractivity contribution < 1.29 is 14.3 Å². The zero-order valence-electron chi connectivity index (χ0n) is 7.71. The molecule has 0 unspecified atom stereocenters. The quantitative estimate of drug-likeness (QED) is 0.493. The fraction of sp³-hybridized carbons (Fsp3) is 0.750. The minimum atomic E-state index is -0.368. The van der Waals surface area contributed by atoms with E-state index in [0.29, 0.717) is 0 Å². The summed E-state index contributed by atoms with van der Waals surface area (Å²) in [5.41, 5.74) is 0. The third-order valence-electron chi connectivity index (χ3n) is 1.25. The highest BCUT2D eigenvalue weighted by molar-refractivity contribution is 7.96. The molecule has 1 rings (SSSR count). The predicted molar refractivity (Wildman–Crippen MR) is 53.0 cm³/mol. The molecule has 0 aromatic carbocycles. The zero-order valence-corrected chi connectivity index (χ0v) is 8.60. The minimum absolute atomic E-state index is 0.0525. The third-order valence-corrected chi connectivity index (χ3v) is 1.40. The fourth-order valence-electron chi connectivity index (χ4n) is 0.729. The van der Waals surface area contributed by atoms with Crippen LogP contribution in [-0.4, -0.2) is 37.2 Å². The number of hydrogen-bond donors (Lipinski definition) is 2. The Morgan fingerprint density at radius 3 is 2.00 bits per heavy atom. The van der Waals surface area contributed by atoms with Crippen molar-refractivity contribution in [3.8, 4) is 0 Å². The molecule has 0 aliphatic carbocycles. The van der Waals surface area contributed by atoms with Crippen LogP contribution < -0.4 is 5.32 Å². The van der Waals surface area contributed by atoms with Crippen molar-refractivity contribution >= 4 is 23.5 Å². The van der Waals surface area contributed by atoms with E-state index in [4.69, 9.17) is 4.74 Å². The number of hydrogen-bond acceptors (Lipinski definition) is 4. The highest BCUT2D eigenvalue weighted by atomic mass is 32.1. The summed E-state index contributed by atoms with van der Waals surface area (Å²) in [5, 5.41) is 2.79. The standard InChI is InChI=1S/C4H9NO.C4H6O2S/c1-3-6-4-2-5-1;1-3(5)2-4(6)7/h5H,1-4H2;2H2,1H3,(H,6,7). The number of ether oxygens (including phenoxy) is 1. The maximum Gasteiger partial charge on any atom is 0.193 e. The van der Waals surface area contributed by atoms with Crippen LogP contribution >= 0.6 is 12.6 Å². The van der Waals surface area contributed by atoms with Crippen LogP contribution in [0.1, 0.15) is 13.3 Å². The van der Waals surface area contributed by atoms with E-state index in [1.165, 1.54) is 6.92 Å². The molecule has 0 aromatic rings. The zero-order chi connectivity index (χ0) is 10.1. The molecule has 0 spiro atoms. The number of ketones is 1. The lowest BCUT2D eigenvalue weighted by atomic mass is 10.3. The van der Waals surface area contributed by atoms with Crippen LogP contribution in [0.4, 0.5) is 0 Å². The van der Waals surface area contributed by atoms with E-state index in [1.54, 1.807) is 0 Å². The summed E-state index contributed by atoms with van der Waals surface area (Å²) in [4.78, 5) is 19.9. The lowest BCUT2D eigenvalue weighted by molar-refractivity contribution is -0.121. The van der Waals surface area contributed by atoms with Crippen molar-refractivity contribution in [2.45, 2.75) is 13.3 Å². The number of morpholine rings is 1. The Balaban J connectivity index is 0.000000223. The second kappa shape index (κ2) is 8.22. The third kappa shape index (κ3) is 11.6. The average Bonchev–Trinajstić information content (AvgIpc) is 2.06. The van der Waals surface area contributed by atoms with Gasteiger partial charge in [-0.3, -0.25) is 9.59 Å². The van der Waals surface area contributed by atoms with E-state index in [9.17, 15) is 9.59 Å². The number of carbonyl (C=O) groups is 2. The van der Waals surface area contributed by atoms with Gasteiger partial charge in [0, 0.05) is 13.1 Å². The number of nitrogens with one attached hydrogen (secondary N) is 1. The van der Waals surface area contributed by atoms with E-state index < -0.39 is 0 Å². The lowest BCUT2D eigenvalue weighted by Crippen LogP contribution is -2.30. The van der Waals surface area contributed by atoms with Crippen molar-refractivity contribution in [2.75, 3.05) is 26.3 Å². The lowest BCUT2D eigenvalue weighted by Gasteiger charge is -2.10. The molecule has 0 radical (unpaired) electrons. The molecule has 0 atom stereocenters. The first kappa shape index (κ1) is 12.6. The van der Waals surface area contributed by atoms with Gasteiger partial charge < -0.3 is 10.1 Å². The molecule has 1 fully saturated rings. The van der Waals surface area contributed by atoms with Crippen molar-refractivity contribution in [3.63, 3.8) is 0 Å². The van der Waals surface area contributed by atoms with Gasteiger partial charge in [-0.05, 0) is 6.92 Å². The van der Waals surface area contributed by atoms with Gasteiger partial charge in [0.2, 0.25) is 0 Å². The van der Waals surface area contributed by atoms with Crippen molar-refractivity contribution in [1.29, 1.82) is 0 Å². The van der Waals surface area contributed by atoms with Gasteiger partial charge in [0.15, 0.2) is 5.12 Å². The molecule has 1 aliphatic rings. The molecular formula is C8H15NO3S. The SMILES string of the molecule is C1COCCN1.CC(=O)CC(=O)S. The number of rotatable bonds is 2. The Kier molecular flexibility index (Phi) is 7.97. The van der Waals surface area contributed by atoms with Crippen molar-refractivity contribution in [2.24, 2.45) is 0 Å². The molecule has 1 aliphatic heterocycles. The maximum absolute atomic E-state index is 9.98. The topological polar surface area (TPSA) is 55.4 Å². The average molecular weight is 205 g/mol. The summed E-state index contributed by atoms with van der Waals surface area (Å²) in [5.74, 6) is -0.139. The fourth-order valence-corrected chi connectivity index (χ4v) is 0.951. The largest absolute Gasteiger partial charge is 0.379 e. The summed E-state index contributed by atoms with van der Waals surface area (Å²) in [7, 11) is 0. The van der Waals surface area contributed by atoms with E-state index in [0.717, 1.165) is 26.3 Å². The van der Waals surface area contributed by atoms with E-state index >= 15 is 0 Å². The Morgan fingerprint density at radius 2 is 1.92 bits per heavy atom. The predicted octanol–water partition coefficient (Wildman–Crippen LogP) is 0.0281. The Labute approximate surface area is 83.4 Å². The van der Waals surface area contributed by atoms with Gasteiger partial charge in [0.1, 0.15) is 5.78 Å². The Bertz CT molecular complexity index is 145. The second-order valence-electron chi connectivity index (χ2n) is 2.63. The highest BCUT2D eigenvalue weighted by Crippen LogP contribution is 1.86. The first-order valence-corrected chi connectivity index (χ1v) is 4.57. The van der Waals surface area contributed by atoms with E-state index in [1.807, 2.05) is 0 Å². The van der Waals surface area contributed by atoms with Crippen LogP contribution in [0.15, 0.2) is 0 Å². The van der Waals surface area contributed by atoms with E-state index in [2.05, 4.69) is 17.9 Å². The highest BCUT2D eigenvalue weighted by Gasteiger charge is 1.96. The minimum Gasteiger partial charge on any atom is -0.379 e. The van der Waals surface area contributed by atoms with Crippen molar-refractivity contribution in [3.05, 3.63) is 0 Å². The van der Waals surface area contributed by atoms with Crippen LogP contribution in [0.3, 0.4) is 0 Å². The molecule has 0 saturated carbocycles. The molecule has 4 nitrogen and oxygen atoms in total. The molecule has 5 heteroatoms. The van der Waals surface area contributed by atoms with Crippen molar-refractivity contribution in [1.82, 2.24) is 5.32 Å². The molecule has 1 N–H and O–H groups in total. The molecule has 1 heterocycles. The molecule has 76 valence electrons. The summed E-state index contributed by atoms with van der Waals surface area (Å²) in [6.45, 7) is 5.19. The van der Waals surface area contributed by atoms with Gasteiger partial charge in [-0.25, -0.2) is 0 Å². The first-order chi connectivity index (χ1) is 6.13. The van der Waals surface area contributed by atoms with Crippen LogP contribution in [0, 0.1) is 0 Å². The normalized spacial score (nSPS) is 15.5. The molecule has 1 saturated heterocycles. The van der Waals surface area contributed by atoms with Crippen LogP contribution in [-0.2, 0) is 14.3 Å². The number of thiol groups is 1. The van der Waals surface area contributed by atoms with Gasteiger partial charge >= 0.3 is 0 Å². The summed E-state index contributed by atoms with van der Waals surface area (Å²) >= 11 is 3.38. The molecule has 0 amide bonds. The molecular weight excluding hydrogens is 190 g/mol. The van der Waals surface area contributed by atoms with Crippen LogP contribution in [0.5, 0.6) is 0 Å². The smallest absolute Gasteiger partial charge is 0.193 e. The Hall–Kier alpha value is -0.390. The van der Waals surface area contributed by atoms with Gasteiger partial charge in [-0.2, -0.15) is 0 Å². The maximum atomic E-state index is 9.98. The van der Waals surface area contributed by atoms with Gasteiger partial charge in [-0.15, -0.1) is 12.6 Å². The van der Waals surface area contributed by atoms with Gasteiger partial charge in [0.25, 0.3) is 0 Å². The summed E-state index contributed by atoms with van der Waals surface area (Å²) < 4.78 is 5.01. The Morgan fingerprint density at radius 1 is 1.38 bits per heavy atom. The molecule has 0 bridgehead atoms. The summed E-state index contributed by atoms with van der Waals surface area (Å²) in [6, 6.07) is 0. The second-order valence-corrected chi connectivity index (χ2v) is 3.13. The van der Waals surface area contributed by atoms with Gasteiger partial charge in [0.05, 0.1) is 19.6 Å². The van der Waals surface area contributed by atoms with E-state index in [-0.39, 0.29) is 17.3 Å². The number of Topliss-reactive ketones (excluding diaryl/α,β-unsaturated/α-hetero) is 1. The number of carbonyl (C=O) groups excluding carboxylic acids is 2. The van der Waals surface area contributed by atoms with Crippen LogP contribution in [0.2, 0.25) is 0 Å².